The van der Waals surface area contributed by atoms with Gasteiger partial charge in [-0.2, -0.15) is 0 Å². The van der Waals surface area contributed by atoms with E-state index in [1.807, 2.05) is 6.07 Å². The molecule has 2 nitrogen and oxygen atoms in total. The van der Waals surface area contributed by atoms with Gasteiger partial charge in [0.2, 0.25) is 0 Å². The Kier molecular flexibility index (Phi) is 6.58. The molecule has 0 bridgehead atoms. The van der Waals surface area contributed by atoms with Crippen LogP contribution in [0.1, 0.15) is 24.5 Å². The van der Waals surface area contributed by atoms with Crippen molar-refractivity contribution >= 4 is 72.0 Å². The number of halogens is 1. The second-order valence-electron chi connectivity index (χ2n) is 12.4. The third-order valence-electron chi connectivity index (χ3n) is 9.71. The minimum atomic E-state index is 0.729. The summed E-state index contributed by atoms with van der Waals surface area (Å²) in [5.74, 6) is 0.947. The summed E-state index contributed by atoms with van der Waals surface area (Å²) in [7, 11) is 0. The van der Waals surface area contributed by atoms with Crippen molar-refractivity contribution in [2.75, 3.05) is 0 Å². The van der Waals surface area contributed by atoms with Crippen molar-refractivity contribution in [2.45, 2.75) is 19.8 Å². The number of aromatic nitrogens is 1. The molecule has 9 rings (SSSR count). The van der Waals surface area contributed by atoms with Crippen LogP contribution in [0.5, 0.6) is 0 Å². The van der Waals surface area contributed by atoms with Crippen LogP contribution in [0.15, 0.2) is 156 Å². The molecule has 3 heteroatoms. The number of hydrogen-bond donors (Lipinski definition) is 0. The topological polar surface area (TPSA) is 17.3 Å². The van der Waals surface area contributed by atoms with E-state index in [0.29, 0.717) is 0 Å². The second kappa shape index (κ2) is 11.1. The minimum absolute atomic E-state index is 0.729. The van der Waals surface area contributed by atoms with E-state index >= 15 is 0 Å². The molecule has 2 heterocycles. The lowest BCUT2D eigenvalue weighted by Gasteiger charge is -2.18. The minimum Gasteiger partial charge on any atom is -0.293 e. The molecule has 1 aromatic heterocycles. The average Bonchev–Trinajstić information content (AvgIpc) is 3.35. The Morgan fingerprint density at radius 2 is 1.28 bits per heavy atom. The summed E-state index contributed by atoms with van der Waals surface area (Å²) in [5, 5.41) is 7.99. The van der Waals surface area contributed by atoms with Crippen LogP contribution in [-0.2, 0) is 6.42 Å². The molecule has 0 unspecified atom stereocenters. The van der Waals surface area contributed by atoms with E-state index in [1.54, 1.807) is 0 Å². The van der Waals surface area contributed by atoms with E-state index in [2.05, 4.69) is 151 Å². The Balaban J connectivity index is 1.30. The summed E-state index contributed by atoms with van der Waals surface area (Å²) < 4.78 is 2.37. The molecule has 0 saturated heterocycles. The third-order valence-corrected chi connectivity index (χ3v) is 9.95. The summed E-state index contributed by atoms with van der Waals surface area (Å²) in [6.07, 6.45) is 1.77. The first-order chi connectivity index (χ1) is 23.2. The lowest BCUT2D eigenvalue weighted by molar-refractivity contribution is 1.01. The fourth-order valence-corrected chi connectivity index (χ4v) is 7.57. The van der Waals surface area contributed by atoms with Gasteiger partial charge in [-0.1, -0.05) is 133 Å². The molecule has 0 saturated carbocycles. The van der Waals surface area contributed by atoms with Crippen molar-refractivity contribution in [2.24, 2.45) is 4.99 Å². The fraction of sp³-hybridized carbons (Fsp3) is 0.0682. The van der Waals surface area contributed by atoms with Gasteiger partial charge in [-0.3, -0.25) is 4.57 Å². The summed E-state index contributed by atoms with van der Waals surface area (Å²) in [6.45, 7) is 2.27. The highest BCUT2D eigenvalue weighted by atomic mass is 35.5. The van der Waals surface area contributed by atoms with Crippen molar-refractivity contribution in [3.63, 3.8) is 0 Å². The SMILES string of the molecule is CCC1=C(c2ccc(-c3ccc4ccccc4c3)cc2)C(n2c3ccc(Cl)cc3c3c4ccccc4ccc32)=Nc2ccccc2C1. The van der Waals surface area contributed by atoms with Gasteiger partial charge < -0.3 is 0 Å². The highest BCUT2D eigenvalue weighted by Crippen LogP contribution is 2.41. The van der Waals surface area contributed by atoms with Gasteiger partial charge >= 0.3 is 0 Å². The number of para-hydroxylation sites is 1. The summed E-state index contributed by atoms with van der Waals surface area (Å²) in [5.41, 5.74) is 10.6. The number of fused-ring (bicyclic) bond motifs is 7. The third kappa shape index (κ3) is 4.60. The van der Waals surface area contributed by atoms with Crippen LogP contribution in [0.2, 0.25) is 5.02 Å². The molecule has 0 spiro atoms. The molecule has 0 aliphatic carbocycles. The monoisotopic (exact) mass is 622 g/mol. The molecule has 1 aliphatic rings. The smallest absolute Gasteiger partial charge is 0.146 e. The Hall–Kier alpha value is -5.44. The molecule has 7 aromatic carbocycles. The maximum atomic E-state index is 6.68. The zero-order valence-corrected chi connectivity index (χ0v) is 26.8. The van der Waals surface area contributed by atoms with Crippen molar-refractivity contribution in [3.05, 3.63) is 167 Å². The molecule has 0 radical (unpaired) electrons. The maximum absolute atomic E-state index is 6.68. The quantitative estimate of drug-likeness (QED) is 0.186. The van der Waals surface area contributed by atoms with Crippen LogP contribution in [0.3, 0.4) is 0 Å². The first-order valence-corrected chi connectivity index (χ1v) is 16.6. The van der Waals surface area contributed by atoms with Crippen LogP contribution in [0.4, 0.5) is 5.69 Å². The van der Waals surface area contributed by atoms with Gasteiger partial charge in [0.25, 0.3) is 0 Å². The van der Waals surface area contributed by atoms with Crippen LogP contribution < -0.4 is 0 Å². The molecular weight excluding hydrogens is 592 g/mol. The molecule has 0 atom stereocenters. The molecule has 0 amide bonds. The summed E-state index contributed by atoms with van der Waals surface area (Å²) in [4.78, 5) is 5.54. The number of hydrogen-bond acceptors (Lipinski definition) is 1. The standard InChI is InChI=1S/C44H31ClN2/c1-2-28-25-35-12-6-8-14-39(35)46-44(42(28)32-18-15-30(16-19-32)34-20-17-29-9-3-4-11-33(29)26-34)47-40-24-22-36(45)27-38(40)43-37-13-7-5-10-31(37)21-23-41(43)47/h3-24,26-27H,2,25H2,1H3. The average molecular weight is 623 g/mol. The van der Waals surface area contributed by atoms with Crippen molar-refractivity contribution in [3.8, 4) is 11.1 Å². The van der Waals surface area contributed by atoms with Crippen LogP contribution in [0.25, 0.3) is 60.1 Å². The van der Waals surface area contributed by atoms with Gasteiger partial charge in [-0.25, -0.2) is 4.99 Å². The largest absolute Gasteiger partial charge is 0.293 e. The predicted molar refractivity (Wildman–Crippen MR) is 201 cm³/mol. The van der Waals surface area contributed by atoms with Crippen molar-refractivity contribution in [1.29, 1.82) is 0 Å². The van der Waals surface area contributed by atoms with E-state index in [1.165, 1.54) is 60.3 Å². The lowest BCUT2D eigenvalue weighted by atomic mass is 9.91. The van der Waals surface area contributed by atoms with E-state index in [9.17, 15) is 0 Å². The Bertz CT molecular complexity index is 2580. The first-order valence-electron chi connectivity index (χ1n) is 16.3. The number of allylic oxidation sites excluding steroid dienone is 2. The van der Waals surface area contributed by atoms with Crippen molar-refractivity contribution < 1.29 is 0 Å². The van der Waals surface area contributed by atoms with Gasteiger partial charge in [0.1, 0.15) is 5.84 Å². The molecule has 224 valence electrons. The maximum Gasteiger partial charge on any atom is 0.146 e. The van der Waals surface area contributed by atoms with Gasteiger partial charge in [0, 0.05) is 21.4 Å². The number of benzene rings is 7. The van der Waals surface area contributed by atoms with E-state index in [0.717, 1.165) is 45.8 Å². The van der Waals surface area contributed by atoms with E-state index < -0.39 is 0 Å². The second-order valence-corrected chi connectivity index (χ2v) is 12.8. The number of rotatable bonds is 3. The van der Waals surface area contributed by atoms with Gasteiger partial charge in [0.05, 0.1) is 16.7 Å². The lowest BCUT2D eigenvalue weighted by Crippen LogP contribution is -2.15. The molecule has 1 aliphatic heterocycles. The summed E-state index contributed by atoms with van der Waals surface area (Å²) >= 11 is 6.68. The normalized spacial score (nSPS) is 13.4. The van der Waals surface area contributed by atoms with Crippen LogP contribution >= 0.6 is 11.6 Å². The van der Waals surface area contributed by atoms with Crippen molar-refractivity contribution in [1.82, 2.24) is 4.57 Å². The van der Waals surface area contributed by atoms with Crippen LogP contribution in [0, 0.1) is 0 Å². The fourth-order valence-electron chi connectivity index (χ4n) is 7.40. The predicted octanol–water partition coefficient (Wildman–Crippen LogP) is 12.4. The molecule has 0 N–H and O–H groups in total. The Morgan fingerprint density at radius 1 is 0.596 bits per heavy atom. The van der Waals surface area contributed by atoms with Gasteiger partial charge in [-0.15, -0.1) is 0 Å². The molecule has 8 aromatic rings. The zero-order valence-electron chi connectivity index (χ0n) is 26.0. The molecule has 47 heavy (non-hydrogen) atoms. The zero-order chi connectivity index (χ0) is 31.5. The number of aliphatic imine (C=N–C) groups is 1. The number of nitrogens with zero attached hydrogens (tertiary/aromatic N) is 2. The molecule has 0 fully saturated rings. The first kappa shape index (κ1) is 27.8. The highest BCUT2D eigenvalue weighted by Gasteiger charge is 2.25. The Labute approximate surface area is 278 Å². The van der Waals surface area contributed by atoms with E-state index in [4.69, 9.17) is 16.6 Å². The molecular formula is C44H31ClN2. The van der Waals surface area contributed by atoms with E-state index in [-0.39, 0.29) is 0 Å². The highest BCUT2D eigenvalue weighted by molar-refractivity contribution is 6.35. The van der Waals surface area contributed by atoms with Gasteiger partial charge in [-0.05, 0) is 93.0 Å². The van der Waals surface area contributed by atoms with Crippen LogP contribution in [-0.4, -0.2) is 10.4 Å². The summed E-state index contributed by atoms with van der Waals surface area (Å²) in [6, 6.07) is 52.2. The Morgan fingerprint density at radius 3 is 2.13 bits per heavy atom. The van der Waals surface area contributed by atoms with Gasteiger partial charge in [0.15, 0.2) is 0 Å².